The molecule has 0 atom stereocenters. The van der Waals surface area contributed by atoms with Gasteiger partial charge in [0.25, 0.3) is 0 Å². The highest BCUT2D eigenvalue weighted by molar-refractivity contribution is 9.10. The lowest BCUT2D eigenvalue weighted by atomic mass is 10.1. The largest absolute Gasteiger partial charge is 0.397 e. The summed E-state index contributed by atoms with van der Waals surface area (Å²) in [4.78, 5) is 1.71. The van der Waals surface area contributed by atoms with Gasteiger partial charge in [0.15, 0.2) is 0 Å². The molecule has 0 aromatic heterocycles. The maximum atomic E-state index is 13.6. The topological polar surface area (TPSA) is 29.3 Å². The molecule has 0 spiro atoms. The van der Waals surface area contributed by atoms with Crippen molar-refractivity contribution in [1.82, 2.24) is 0 Å². The fourth-order valence-corrected chi connectivity index (χ4v) is 2.26. The summed E-state index contributed by atoms with van der Waals surface area (Å²) in [6, 6.07) is 9.23. The molecule has 19 heavy (non-hydrogen) atoms. The average molecular weight is 327 g/mol. The number of nitrogens with two attached hydrogens (primary N) is 1. The number of benzene rings is 2. The van der Waals surface area contributed by atoms with Crippen molar-refractivity contribution < 1.29 is 8.78 Å². The van der Waals surface area contributed by atoms with Gasteiger partial charge in [-0.2, -0.15) is 0 Å². The van der Waals surface area contributed by atoms with E-state index in [0.29, 0.717) is 5.69 Å². The van der Waals surface area contributed by atoms with Crippen molar-refractivity contribution in [2.24, 2.45) is 0 Å². The highest BCUT2D eigenvalue weighted by atomic mass is 79.9. The zero-order chi connectivity index (χ0) is 14.0. The van der Waals surface area contributed by atoms with Gasteiger partial charge < -0.3 is 10.6 Å². The van der Waals surface area contributed by atoms with E-state index in [1.807, 2.05) is 6.07 Å². The summed E-state index contributed by atoms with van der Waals surface area (Å²) in [5, 5.41) is 0. The van der Waals surface area contributed by atoms with Gasteiger partial charge in [0.05, 0.1) is 11.4 Å². The predicted molar refractivity (Wildman–Crippen MR) is 77.0 cm³/mol. The molecule has 0 bridgehead atoms. The number of nitrogen functional groups attached to an aromatic ring is 1. The minimum absolute atomic E-state index is 0.0346. The quantitative estimate of drug-likeness (QED) is 0.865. The summed E-state index contributed by atoms with van der Waals surface area (Å²) in [7, 11) is 1.74. The first-order chi connectivity index (χ1) is 8.99. The summed E-state index contributed by atoms with van der Waals surface area (Å²) in [5.74, 6) is -1.11. The van der Waals surface area contributed by atoms with Gasteiger partial charge in [0.1, 0.15) is 11.6 Å². The molecule has 0 heterocycles. The van der Waals surface area contributed by atoms with Gasteiger partial charge in [-0.05, 0) is 30.3 Å². The second-order valence-electron chi connectivity index (χ2n) is 4.26. The monoisotopic (exact) mass is 326 g/mol. The lowest BCUT2D eigenvalue weighted by molar-refractivity contribution is 0.554. The van der Waals surface area contributed by atoms with Gasteiger partial charge in [-0.15, -0.1) is 0 Å². The van der Waals surface area contributed by atoms with Crippen LogP contribution < -0.4 is 10.6 Å². The molecule has 0 aliphatic rings. The molecule has 2 N–H and O–H groups in total. The number of hydrogen-bond acceptors (Lipinski definition) is 2. The van der Waals surface area contributed by atoms with Gasteiger partial charge in [0, 0.05) is 23.6 Å². The van der Waals surface area contributed by atoms with E-state index in [9.17, 15) is 8.78 Å². The van der Waals surface area contributed by atoms with Gasteiger partial charge >= 0.3 is 0 Å². The highest BCUT2D eigenvalue weighted by Gasteiger charge is 2.13. The Balaban J connectivity index is 2.28. The van der Waals surface area contributed by atoms with E-state index in [1.54, 1.807) is 24.1 Å². The second-order valence-corrected chi connectivity index (χ2v) is 5.18. The van der Waals surface area contributed by atoms with Crippen LogP contribution in [0.2, 0.25) is 0 Å². The fourth-order valence-electron chi connectivity index (χ4n) is 1.88. The van der Waals surface area contributed by atoms with Gasteiger partial charge in [0.2, 0.25) is 0 Å². The first-order valence-corrected chi connectivity index (χ1v) is 6.47. The second kappa shape index (κ2) is 5.57. The van der Waals surface area contributed by atoms with Crippen molar-refractivity contribution in [3.8, 4) is 0 Å². The van der Waals surface area contributed by atoms with E-state index < -0.39 is 11.6 Å². The Morgan fingerprint density at radius 3 is 2.37 bits per heavy atom. The fraction of sp³-hybridized carbons (Fsp3) is 0.143. The number of rotatable bonds is 3. The average Bonchev–Trinajstić information content (AvgIpc) is 2.33. The molecule has 0 saturated carbocycles. The van der Waals surface area contributed by atoms with Crippen LogP contribution in [0.25, 0.3) is 0 Å². The first kappa shape index (κ1) is 13.8. The van der Waals surface area contributed by atoms with Crippen LogP contribution in [-0.4, -0.2) is 7.05 Å². The van der Waals surface area contributed by atoms with Crippen LogP contribution in [0.1, 0.15) is 5.56 Å². The molecule has 100 valence electrons. The Bertz CT molecular complexity index is 582. The smallest absolute Gasteiger partial charge is 0.131 e. The van der Waals surface area contributed by atoms with Crippen molar-refractivity contribution >= 4 is 27.3 Å². The molecule has 0 aliphatic carbocycles. The SMILES string of the molecule is CN(Cc1c(F)cccc1F)c1ccc(Br)cc1N. The molecule has 0 aliphatic heterocycles. The minimum Gasteiger partial charge on any atom is -0.397 e. The van der Waals surface area contributed by atoms with E-state index in [-0.39, 0.29) is 12.1 Å². The Labute approximate surface area is 119 Å². The molecule has 0 fully saturated rings. The Kier molecular flexibility index (Phi) is 4.04. The number of hydrogen-bond donors (Lipinski definition) is 1. The van der Waals surface area contributed by atoms with Crippen LogP contribution in [-0.2, 0) is 6.54 Å². The van der Waals surface area contributed by atoms with E-state index in [2.05, 4.69) is 15.9 Å². The maximum absolute atomic E-state index is 13.6. The van der Waals surface area contributed by atoms with Gasteiger partial charge in [-0.3, -0.25) is 0 Å². The van der Waals surface area contributed by atoms with Gasteiger partial charge in [-0.25, -0.2) is 8.78 Å². The molecule has 2 rings (SSSR count). The third-order valence-electron chi connectivity index (χ3n) is 2.86. The highest BCUT2D eigenvalue weighted by Crippen LogP contribution is 2.27. The third-order valence-corrected chi connectivity index (χ3v) is 3.35. The van der Waals surface area contributed by atoms with Crippen LogP contribution in [0.3, 0.4) is 0 Å². The van der Waals surface area contributed by atoms with E-state index >= 15 is 0 Å². The van der Waals surface area contributed by atoms with E-state index in [0.717, 1.165) is 10.2 Å². The van der Waals surface area contributed by atoms with Crippen LogP contribution in [0, 0.1) is 11.6 Å². The molecular formula is C14H13BrF2N2. The zero-order valence-corrected chi connectivity index (χ0v) is 11.9. The predicted octanol–water partition coefficient (Wildman–Crippen LogP) is 3.95. The summed E-state index contributed by atoms with van der Waals surface area (Å²) >= 11 is 3.32. The van der Waals surface area contributed by atoms with Crippen molar-refractivity contribution in [1.29, 1.82) is 0 Å². The van der Waals surface area contributed by atoms with E-state index in [4.69, 9.17) is 5.73 Å². The zero-order valence-electron chi connectivity index (χ0n) is 10.3. The lowest BCUT2D eigenvalue weighted by Crippen LogP contribution is -2.19. The Hall–Kier alpha value is -1.62. The van der Waals surface area contributed by atoms with Crippen molar-refractivity contribution in [3.63, 3.8) is 0 Å². The Morgan fingerprint density at radius 2 is 1.79 bits per heavy atom. The molecular weight excluding hydrogens is 314 g/mol. The first-order valence-electron chi connectivity index (χ1n) is 5.68. The van der Waals surface area contributed by atoms with E-state index in [1.165, 1.54) is 18.2 Å². The molecule has 2 aromatic rings. The third kappa shape index (κ3) is 3.04. The van der Waals surface area contributed by atoms with Crippen molar-refractivity contribution in [3.05, 3.63) is 58.1 Å². The summed E-state index contributed by atoms with van der Waals surface area (Å²) in [5.41, 5.74) is 7.20. The molecule has 2 aromatic carbocycles. The molecule has 0 amide bonds. The number of halogens is 3. The lowest BCUT2D eigenvalue weighted by Gasteiger charge is -2.21. The normalized spacial score (nSPS) is 10.5. The van der Waals surface area contributed by atoms with Crippen LogP contribution in [0.5, 0.6) is 0 Å². The summed E-state index contributed by atoms with van der Waals surface area (Å²) < 4.78 is 28.0. The summed E-state index contributed by atoms with van der Waals surface area (Å²) in [6.45, 7) is 0.115. The molecule has 2 nitrogen and oxygen atoms in total. The molecule has 5 heteroatoms. The number of anilines is 2. The van der Waals surface area contributed by atoms with Crippen LogP contribution in [0.15, 0.2) is 40.9 Å². The molecule has 0 radical (unpaired) electrons. The van der Waals surface area contributed by atoms with Crippen LogP contribution >= 0.6 is 15.9 Å². The molecule has 0 unspecified atom stereocenters. The maximum Gasteiger partial charge on any atom is 0.131 e. The van der Waals surface area contributed by atoms with Crippen LogP contribution in [0.4, 0.5) is 20.2 Å². The summed E-state index contributed by atoms with van der Waals surface area (Å²) in [6.07, 6.45) is 0. The molecule has 0 saturated heterocycles. The minimum atomic E-state index is -0.553. The van der Waals surface area contributed by atoms with Gasteiger partial charge in [-0.1, -0.05) is 22.0 Å². The Morgan fingerprint density at radius 1 is 1.16 bits per heavy atom. The number of nitrogens with zero attached hydrogens (tertiary/aromatic N) is 1. The van der Waals surface area contributed by atoms with Crippen molar-refractivity contribution in [2.45, 2.75) is 6.54 Å². The standard InChI is InChI=1S/C14H13BrF2N2/c1-19(14-6-5-9(15)7-13(14)18)8-10-11(16)3-2-4-12(10)17/h2-7H,8,18H2,1H3. The van der Waals surface area contributed by atoms with Crippen molar-refractivity contribution in [2.75, 3.05) is 17.7 Å².